The fourth-order valence-corrected chi connectivity index (χ4v) is 2.39. The lowest BCUT2D eigenvalue weighted by Gasteiger charge is -2.22. The molecular weight excluding hydrogens is 341 g/mol. The van der Waals surface area contributed by atoms with Gasteiger partial charge in [0.05, 0.1) is 4.92 Å². The van der Waals surface area contributed by atoms with E-state index in [0.29, 0.717) is 26.1 Å². The Bertz CT molecular complexity index is 755. The number of halogens is 1. The maximum Gasteiger partial charge on any atom is 0.305 e. The maximum absolute atomic E-state index is 13.6. The standard InChI is InChI=1S/C18H20FN3O4/c19-16-12-15(6-7-17(16)22(24)25)26-13-18(23)21(11-9-20)10-8-14-4-2-1-3-5-14/h1-7,12H,8-11,13,20H2. The maximum atomic E-state index is 13.6. The van der Waals surface area contributed by atoms with Crippen molar-refractivity contribution in [3.8, 4) is 5.75 Å². The molecule has 2 aromatic carbocycles. The first-order chi connectivity index (χ1) is 12.5. The fraction of sp³-hybridized carbons (Fsp3) is 0.278. The summed E-state index contributed by atoms with van der Waals surface area (Å²) in [4.78, 5) is 23.7. The number of amides is 1. The molecule has 26 heavy (non-hydrogen) atoms. The number of rotatable bonds is 9. The minimum Gasteiger partial charge on any atom is -0.484 e. The lowest BCUT2D eigenvalue weighted by atomic mass is 10.1. The summed E-state index contributed by atoms with van der Waals surface area (Å²) >= 11 is 0. The van der Waals surface area contributed by atoms with Gasteiger partial charge < -0.3 is 15.4 Å². The highest BCUT2D eigenvalue weighted by Gasteiger charge is 2.17. The number of hydrogen-bond acceptors (Lipinski definition) is 5. The Hall–Kier alpha value is -3.00. The zero-order valence-electron chi connectivity index (χ0n) is 14.1. The van der Waals surface area contributed by atoms with Gasteiger partial charge >= 0.3 is 5.69 Å². The normalized spacial score (nSPS) is 10.4. The summed E-state index contributed by atoms with van der Waals surface area (Å²) in [6.45, 7) is 0.875. The van der Waals surface area contributed by atoms with Crippen LogP contribution in [0.5, 0.6) is 5.75 Å². The van der Waals surface area contributed by atoms with Crippen LogP contribution in [0.25, 0.3) is 0 Å². The predicted molar refractivity (Wildman–Crippen MR) is 94.3 cm³/mol. The zero-order chi connectivity index (χ0) is 18.9. The average molecular weight is 361 g/mol. The first-order valence-corrected chi connectivity index (χ1v) is 8.09. The minimum atomic E-state index is -1.01. The molecule has 0 radical (unpaired) electrons. The molecule has 0 fully saturated rings. The summed E-state index contributed by atoms with van der Waals surface area (Å²) < 4.78 is 18.8. The lowest BCUT2D eigenvalue weighted by molar-refractivity contribution is -0.387. The zero-order valence-corrected chi connectivity index (χ0v) is 14.1. The molecule has 0 aromatic heterocycles. The first kappa shape index (κ1) is 19.3. The Morgan fingerprint density at radius 1 is 1.19 bits per heavy atom. The van der Waals surface area contributed by atoms with E-state index in [-0.39, 0.29) is 18.3 Å². The lowest BCUT2D eigenvalue weighted by Crippen LogP contribution is -2.39. The summed E-state index contributed by atoms with van der Waals surface area (Å²) in [5.74, 6) is -1.25. The molecule has 8 heteroatoms. The van der Waals surface area contributed by atoms with Crippen LogP contribution in [0.4, 0.5) is 10.1 Å². The summed E-state index contributed by atoms with van der Waals surface area (Å²) in [6.07, 6.45) is 0.679. The molecule has 0 unspecified atom stereocenters. The number of nitrogens with two attached hydrogens (primary N) is 1. The van der Waals surface area contributed by atoms with Gasteiger partial charge in [-0.2, -0.15) is 4.39 Å². The van der Waals surface area contributed by atoms with Crippen LogP contribution in [0.3, 0.4) is 0 Å². The molecule has 7 nitrogen and oxygen atoms in total. The predicted octanol–water partition coefficient (Wildman–Crippen LogP) is 2.14. The highest BCUT2D eigenvalue weighted by molar-refractivity contribution is 5.77. The molecule has 0 aliphatic carbocycles. The number of hydrogen-bond donors (Lipinski definition) is 1. The van der Waals surface area contributed by atoms with Crippen molar-refractivity contribution in [1.29, 1.82) is 0 Å². The number of nitro benzene ring substituents is 1. The van der Waals surface area contributed by atoms with Crippen LogP contribution in [0, 0.1) is 15.9 Å². The number of nitro groups is 1. The second-order valence-electron chi connectivity index (χ2n) is 5.56. The van der Waals surface area contributed by atoms with E-state index in [4.69, 9.17) is 10.5 Å². The van der Waals surface area contributed by atoms with Crippen LogP contribution >= 0.6 is 0 Å². The molecule has 0 aliphatic heterocycles. The van der Waals surface area contributed by atoms with Crippen molar-refractivity contribution in [1.82, 2.24) is 4.90 Å². The van der Waals surface area contributed by atoms with Crippen LogP contribution in [-0.2, 0) is 11.2 Å². The molecule has 1 amide bonds. The van der Waals surface area contributed by atoms with E-state index in [1.165, 1.54) is 6.07 Å². The molecule has 0 aliphatic rings. The van der Waals surface area contributed by atoms with Crippen LogP contribution in [0.15, 0.2) is 48.5 Å². The molecule has 0 heterocycles. The van der Waals surface area contributed by atoms with Crippen molar-refractivity contribution in [2.75, 3.05) is 26.2 Å². The van der Waals surface area contributed by atoms with Gasteiger partial charge in [0.15, 0.2) is 6.61 Å². The molecule has 0 bridgehead atoms. The molecule has 0 atom stereocenters. The van der Waals surface area contributed by atoms with E-state index in [0.717, 1.165) is 17.7 Å². The second-order valence-corrected chi connectivity index (χ2v) is 5.56. The monoisotopic (exact) mass is 361 g/mol. The Labute approximate surface area is 150 Å². The Balaban J connectivity index is 1.92. The molecule has 0 spiro atoms. The summed E-state index contributed by atoms with van der Waals surface area (Å²) in [7, 11) is 0. The molecule has 2 rings (SSSR count). The van der Waals surface area contributed by atoms with E-state index < -0.39 is 16.4 Å². The SMILES string of the molecule is NCCN(CCc1ccccc1)C(=O)COc1ccc([N+](=O)[O-])c(F)c1. The number of carbonyl (C=O) groups is 1. The third kappa shape index (κ3) is 5.52. The average Bonchev–Trinajstić information content (AvgIpc) is 2.63. The van der Waals surface area contributed by atoms with Gasteiger partial charge in [-0.25, -0.2) is 0 Å². The third-order valence-corrected chi connectivity index (χ3v) is 3.74. The largest absolute Gasteiger partial charge is 0.484 e. The van der Waals surface area contributed by atoms with Crippen LogP contribution in [0.1, 0.15) is 5.56 Å². The number of nitrogens with zero attached hydrogens (tertiary/aromatic N) is 2. The molecule has 2 aromatic rings. The van der Waals surface area contributed by atoms with Crippen LogP contribution < -0.4 is 10.5 Å². The van der Waals surface area contributed by atoms with E-state index >= 15 is 0 Å². The highest BCUT2D eigenvalue weighted by atomic mass is 19.1. The van der Waals surface area contributed by atoms with Gasteiger partial charge in [-0.3, -0.25) is 14.9 Å². The van der Waals surface area contributed by atoms with Crippen LogP contribution in [0.2, 0.25) is 0 Å². The van der Waals surface area contributed by atoms with Gasteiger partial charge in [0.2, 0.25) is 5.82 Å². The number of carbonyl (C=O) groups excluding carboxylic acids is 1. The Morgan fingerprint density at radius 3 is 2.54 bits per heavy atom. The van der Waals surface area contributed by atoms with Crippen molar-refractivity contribution in [2.24, 2.45) is 5.73 Å². The van der Waals surface area contributed by atoms with Crippen LogP contribution in [-0.4, -0.2) is 42.0 Å². The highest BCUT2D eigenvalue weighted by Crippen LogP contribution is 2.22. The number of benzene rings is 2. The van der Waals surface area contributed by atoms with Crippen molar-refractivity contribution in [2.45, 2.75) is 6.42 Å². The van der Waals surface area contributed by atoms with E-state index in [9.17, 15) is 19.3 Å². The van der Waals surface area contributed by atoms with Crippen molar-refractivity contribution in [3.05, 3.63) is 70.0 Å². The van der Waals surface area contributed by atoms with E-state index in [2.05, 4.69) is 0 Å². The summed E-state index contributed by atoms with van der Waals surface area (Å²) in [5, 5.41) is 10.6. The smallest absolute Gasteiger partial charge is 0.305 e. The molecule has 138 valence electrons. The summed E-state index contributed by atoms with van der Waals surface area (Å²) in [6, 6.07) is 12.9. The van der Waals surface area contributed by atoms with E-state index in [1.54, 1.807) is 4.90 Å². The van der Waals surface area contributed by atoms with Gasteiger partial charge in [0.25, 0.3) is 5.91 Å². The van der Waals surface area contributed by atoms with Gasteiger partial charge in [-0.15, -0.1) is 0 Å². The molecule has 0 saturated heterocycles. The Morgan fingerprint density at radius 2 is 1.92 bits per heavy atom. The van der Waals surface area contributed by atoms with Crippen molar-refractivity contribution in [3.63, 3.8) is 0 Å². The molecule has 0 saturated carbocycles. The Kier molecular flexibility index (Phi) is 7.04. The molecule has 2 N–H and O–H groups in total. The third-order valence-electron chi connectivity index (χ3n) is 3.74. The van der Waals surface area contributed by atoms with Crippen molar-refractivity contribution < 1.29 is 18.8 Å². The summed E-state index contributed by atoms with van der Waals surface area (Å²) in [5.41, 5.74) is 6.02. The van der Waals surface area contributed by atoms with Crippen molar-refractivity contribution >= 4 is 11.6 Å². The molecular formula is C18H20FN3O4. The topological polar surface area (TPSA) is 98.7 Å². The van der Waals surface area contributed by atoms with Gasteiger partial charge in [-0.1, -0.05) is 30.3 Å². The first-order valence-electron chi connectivity index (χ1n) is 8.09. The van der Waals surface area contributed by atoms with Gasteiger partial charge in [0, 0.05) is 31.8 Å². The number of ether oxygens (including phenoxy) is 1. The second kappa shape index (κ2) is 9.47. The van der Waals surface area contributed by atoms with Gasteiger partial charge in [0.1, 0.15) is 5.75 Å². The minimum absolute atomic E-state index is 0.0530. The van der Waals surface area contributed by atoms with E-state index in [1.807, 2.05) is 30.3 Å². The quantitative estimate of drug-likeness (QED) is 0.545. The fourth-order valence-electron chi connectivity index (χ4n) is 2.39. The van der Waals surface area contributed by atoms with Gasteiger partial charge in [-0.05, 0) is 18.1 Å².